The summed E-state index contributed by atoms with van der Waals surface area (Å²) in [5.41, 5.74) is -1.26. The van der Waals surface area contributed by atoms with Crippen LogP contribution in [0.15, 0.2) is 87.7 Å². The highest BCUT2D eigenvalue weighted by atomic mass is 32.2. The summed E-state index contributed by atoms with van der Waals surface area (Å²) in [5, 5.41) is 2.41. The van der Waals surface area contributed by atoms with Crippen LogP contribution < -0.4 is 10.0 Å². The van der Waals surface area contributed by atoms with Crippen molar-refractivity contribution in [1.29, 1.82) is 0 Å². The molecule has 0 saturated heterocycles. The largest absolute Gasteiger partial charge is 0.417 e. The smallest absolute Gasteiger partial charge is 0.351 e. The summed E-state index contributed by atoms with van der Waals surface area (Å²) in [6, 6.07) is 11.3. The molecule has 1 heterocycles. The molecule has 13 heteroatoms. The Kier molecular flexibility index (Phi) is 7.38. The Hall–Kier alpha value is -3.29. The van der Waals surface area contributed by atoms with Crippen molar-refractivity contribution in [2.45, 2.75) is 20.9 Å². The van der Waals surface area contributed by atoms with Crippen LogP contribution in [0.5, 0.6) is 0 Å². The molecule has 34 heavy (non-hydrogen) atoms. The number of hydrogen-bond donors (Lipinski definition) is 2. The molecule has 0 aliphatic rings. The summed E-state index contributed by atoms with van der Waals surface area (Å²) in [5.74, 6) is -0.534. The van der Waals surface area contributed by atoms with Crippen LogP contribution in [0.4, 0.5) is 13.2 Å². The van der Waals surface area contributed by atoms with E-state index in [1.807, 2.05) is 4.72 Å². The molecular weight excluding hydrogens is 495 g/mol. The number of sulfonamides is 1. The van der Waals surface area contributed by atoms with Crippen LogP contribution in [-0.4, -0.2) is 40.8 Å². The van der Waals surface area contributed by atoms with Crippen molar-refractivity contribution in [1.82, 2.24) is 15.0 Å². The third-order valence-electron chi connectivity index (χ3n) is 4.56. The topological polar surface area (TPSA) is 122 Å². The predicted octanol–water partition coefficient (Wildman–Crippen LogP) is 2.64. The second-order valence-corrected chi connectivity index (χ2v) is 10.5. The lowest BCUT2D eigenvalue weighted by Gasteiger charge is -2.16. The number of amides is 1. The van der Waals surface area contributed by atoms with Crippen molar-refractivity contribution in [3.63, 3.8) is 0 Å². The van der Waals surface area contributed by atoms with Gasteiger partial charge in [-0.2, -0.15) is 13.2 Å². The predicted molar refractivity (Wildman–Crippen MR) is 115 cm³/mol. The van der Waals surface area contributed by atoms with Gasteiger partial charge in [0.25, 0.3) is 5.91 Å². The van der Waals surface area contributed by atoms with Crippen LogP contribution in [0.1, 0.15) is 15.9 Å². The van der Waals surface area contributed by atoms with Gasteiger partial charge in [-0.15, -0.1) is 0 Å². The van der Waals surface area contributed by atoms with Gasteiger partial charge in [-0.1, -0.05) is 18.2 Å². The monoisotopic (exact) mass is 513 g/mol. The number of alkyl halides is 3. The lowest BCUT2D eigenvalue weighted by Crippen LogP contribution is -2.35. The summed E-state index contributed by atoms with van der Waals surface area (Å²) in [7, 11) is -9.07. The van der Waals surface area contributed by atoms with E-state index >= 15 is 0 Å². The maximum absolute atomic E-state index is 13.5. The number of carbonyl (C=O) groups is 1. The average Bonchev–Trinajstić information content (AvgIpc) is 2.82. The first-order valence-corrected chi connectivity index (χ1v) is 12.6. The fourth-order valence-corrected chi connectivity index (χ4v) is 5.57. The highest BCUT2D eigenvalue weighted by molar-refractivity contribution is 7.91. The minimum atomic E-state index is -5.06. The van der Waals surface area contributed by atoms with Crippen LogP contribution in [0.25, 0.3) is 0 Å². The van der Waals surface area contributed by atoms with Gasteiger partial charge in [0.15, 0.2) is 0 Å². The number of halogens is 3. The Bertz CT molecular complexity index is 1380. The molecule has 0 unspecified atom stereocenters. The number of benzene rings is 2. The number of sulfone groups is 1. The maximum atomic E-state index is 13.5. The first-order chi connectivity index (χ1) is 15.9. The Morgan fingerprint density at radius 1 is 0.853 bits per heavy atom. The third kappa shape index (κ3) is 5.79. The molecule has 3 aromatic rings. The van der Waals surface area contributed by atoms with Gasteiger partial charge >= 0.3 is 6.18 Å². The van der Waals surface area contributed by atoms with E-state index in [1.165, 1.54) is 48.8 Å². The van der Waals surface area contributed by atoms with Gasteiger partial charge in [-0.25, -0.2) is 21.6 Å². The van der Waals surface area contributed by atoms with Gasteiger partial charge in [0.05, 0.1) is 20.2 Å². The number of nitrogens with zero attached hydrogens (tertiary/aromatic N) is 1. The van der Waals surface area contributed by atoms with E-state index in [0.717, 1.165) is 0 Å². The van der Waals surface area contributed by atoms with Crippen molar-refractivity contribution in [3.05, 3.63) is 84.2 Å². The molecule has 8 nitrogen and oxygen atoms in total. The molecule has 0 aliphatic carbocycles. The van der Waals surface area contributed by atoms with Gasteiger partial charge in [-0.05, 0) is 42.5 Å². The van der Waals surface area contributed by atoms with E-state index in [-0.39, 0.29) is 17.0 Å². The van der Waals surface area contributed by atoms with Crippen LogP contribution >= 0.6 is 0 Å². The summed E-state index contributed by atoms with van der Waals surface area (Å²) in [6.45, 7) is -0.671. The summed E-state index contributed by atoms with van der Waals surface area (Å²) in [4.78, 5) is 13.7. The highest BCUT2D eigenvalue weighted by Gasteiger charge is 2.38. The maximum Gasteiger partial charge on any atom is 0.417 e. The molecule has 2 N–H and O–H groups in total. The van der Waals surface area contributed by atoms with Gasteiger partial charge < -0.3 is 5.32 Å². The Labute approximate surface area is 193 Å². The first kappa shape index (κ1) is 25.3. The van der Waals surface area contributed by atoms with Crippen molar-refractivity contribution in [2.24, 2.45) is 0 Å². The van der Waals surface area contributed by atoms with Crippen LogP contribution in [0.3, 0.4) is 0 Å². The van der Waals surface area contributed by atoms with Gasteiger partial charge in [0.1, 0.15) is 0 Å². The average molecular weight is 514 g/mol. The molecule has 3 rings (SSSR count). The second-order valence-electron chi connectivity index (χ2n) is 6.86. The van der Waals surface area contributed by atoms with E-state index < -0.39 is 53.8 Å². The SMILES string of the molecule is O=C(NCCNS(=O)(=O)c1cc(S(=O)(=O)c2ccccc2)ccc1C(F)(F)F)c1ccncc1. The number of hydrogen-bond acceptors (Lipinski definition) is 6. The molecule has 2 aromatic carbocycles. The quantitative estimate of drug-likeness (QED) is 0.447. The van der Waals surface area contributed by atoms with Gasteiger partial charge in [-0.3, -0.25) is 9.78 Å². The van der Waals surface area contributed by atoms with E-state index in [4.69, 9.17) is 0 Å². The number of rotatable bonds is 8. The number of aromatic nitrogens is 1. The van der Waals surface area contributed by atoms with E-state index in [2.05, 4.69) is 10.3 Å². The second kappa shape index (κ2) is 9.91. The van der Waals surface area contributed by atoms with E-state index in [1.54, 1.807) is 6.07 Å². The van der Waals surface area contributed by atoms with Crippen molar-refractivity contribution >= 4 is 25.8 Å². The zero-order valence-electron chi connectivity index (χ0n) is 17.3. The Morgan fingerprint density at radius 2 is 1.50 bits per heavy atom. The van der Waals surface area contributed by atoms with Crippen molar-refractivity contribution in [2.75, 3.05) is 13.1 Å². The summed E-state index contributed by atoms with van der Waals surface area (Å²) in [6.07, 6.45) is -2.30. The molecule has 1 aromatic heterocycles. The molecule has 0 fully saturated rings. The molecule has 0 bridgehead atoms. The lowest BCUT2D eigenvalue weighted by molar-refractivity contribution is -0.139. The normalized spacial score (nSPS) is 12.3. The highest BCUT2D eigenvalue weighted by Crippen LogP contribution is 2.36. The zero-order chi connectivity index (χ0) is 25.0. The summed E-state index contributed by atoms with van der Waals surface area (Å²) < 4.78 is 93.5. The number of nitrogens with one attached hydrogen (secondary N) is 2. The molecule has 0 aliphatic heterocycles. The van der Waals surface area contributed by atoms with Crippen LogP contribution in [-0.2, 0) is 26.0 Å². The lowest BCUT2D eigenvalue weighted by atomic mass is 10.2. The molecule has 180 valence electrons. The molecule has 0 radical (unpaired) electrons. The molecule has 0 spiro atoms. The Balaban J connectivity index is 1.85. The molecule has 0 atom stereocenters. The molecular formula is C21H18F3N3O5S2. The van der Waals surface area contributed by atoms with Gasteiger partial charge in [0.2, 0.25) is 19.9 Å². The standard InChI is InChI=1S/C21H18F3N3O5S2/c22-21(23,24)18-7-6-17(33(29,30)16-4-2-1-3-5-16)14-19(18)34(31,32)27-13-12-26-20(28)15-8-10-25-11-9-15/h1-11,14,27H,12-13H2,(H,26,28). The van der Waals surface area contributed by atoms with Crippen LogP contribution in [0.2, 0.25) is 0 Å². The third-order valence-corrected chi connectivity index (χ3v) is 7.83. The summed E-state index contributed by atoms with van der Waals surface area (Å²) >= 11 is 0. The minimum Gasteiger partial charge on any atom is -0.351 e. The van der Waals surface area contributed by atoms with Gasteiger partial charge in [0, 0.05) is 31.0 Å². The van der Waals surface area contributed by atoms with Crippen molar-refractivity contribution < 1.29 is 34.8 Å². The van der Waals surface area contributed by atoms with E-state index in [9.17, 15) is 34.8 Å². The number of pyridine rings is 1. The fraction of sp³-hybridized carbons (Fsp3) is 0.143. The fourth-order valence-electron chi connectivity index (χ4n) is 2.91. The van der Waals surface area contributed by atoms with E-state index in [0.29, 0.717) is 18.2 Å². The number of carbonyl (C=O) groups excluding carboxylic acids is 1. The molecule has 0 saturated carbocycles. The zero-order valence-corrected chi connectivity index (χ0v) is 18.9. The minimum absolute atomic E-state index is 0.204. The Morgan fingerprint density at radius 3 is 2.12 bits per heavy atom. The molecule has 1 amide bonds. The van der Waals surface area contributed by atoms with Crippen LogP contribution in [0, 0.1) is 0 Å². The first-order valence-electron chi connectivity index (χ1n) is 9.62. The van der Waals surface area contributed by atoms with Crippen molar-refractivity contribution in [3.8, 4) is 0 Å².